The van der Waals surface area contributed by atoms with E-state index in [0.717, 1.165) is 11.8 Å². The van der Waals surface area contributed by atoms with Crippen molar-refractivity contribution in [1.29, 1.82) is 0 Å². The molecule has 1 aliphatic rings. The first kappa shape index (κ1) is 15.0. The van der Waals surface area contributed by atoms with Crippen LogP contribution >= 0.6 is 11.8 Å². The predicted octanol–water partition coefficient (Wildman–Crippen LogP) is 1.37. The first-order valence-corrected chi connectivity index (χ1v) is 6.96. The van der Waals surface area contributed by atoms with Crippen LogP contribution in [0.3, 0.4) is 0 Å². The summed E-state index contributed by atoms with van der Waals surface area (Å²) in [5, 5.41) is 9.21. The molecule has 0 spiro atoms. The summed E-state index contributed by atoms with van der Waals surface area (Å²) in [5.74, 6) is -1.07. The van der Waals surface area contributed by atoms with Crippen molar-refractivity contribution >= 4 is 28.8 Å². The molecule has 2 unspecified atom stereocenters. The molecule has 0 aromatic heterocycles. The Bertz CT molecular complexity index is 371. The van der Waals surface area contributed by atoms with Crippen LogP contribution in [0.5, 0.6) is 0 Å². The zero-order valence-electron chi connectivity index (χ0n) is 10.9. The number of amides is 1. The number of carbonyl (C=O) groups excluding carboxylic acids is 2. The van der Waals surface area contributed by atoms with E-state index >= 15 is 0 Å². The molecule has 5 nitrogen and oxygen atoms in total. The summed E-state index contributed by atoms with van der Waals surface area (Å²) in [7, 11) is 0. The molecule has 18 heavy (non-hydrogen) atoms. The van der Waals surface area contributed by atoms with Crippen molar-refractivity contribution in [3.05, 3.63) is 0 Å². The predicted molar refractivity (Wildman–Crippen MR) is 69.3 cm³/mol. The Morgan fingerprint density at radius 3 is 2.56 bits per heavy atom. The van der Waals surface area contributed by atoms with Gasteiger partial charge in [-0.2, -0.15) is 0 Å². The maximum Gasteiger partial charge on any atom is 0.329 e. The lowest BCUT2D eigenvalue weighted by atomic mass is 9.98. The third-order valence-corrected chi connectivity index (χ3v) is 4.40. The van der Waals surface area contributed by atoms with E-state index in [4.69, 9.17) is 0 Å². The van der Waals surface area contributed by atoms with Gasteiger partial charge >= 0.3 is 5.97 Å². The average molecular weight is 273 g/mol. The van der Waals surface area contributed by atoms with E-state index in [2.05, 4.69) is 0 Å². The molecule has 1 saturated heterocycles. The fraction of sp³-hybridized carbons (Fsp3) is 0.750. The summed E-state index contributed by atoms with van der Waals surface area (Å²) in [4.78, 5) is 35.8. The van der Waals surface area contributed by atoms with Gasteiger partial charge in [0.1, 0.15) is 5.54 Å². The Labute approximate surface area is 111 Å². The number of carbonyl (C=O) groups is 3. The maximum absolute atomic E-state index is 12.2. The van der Waals surface area contributed by atoms with Crippen molar-refractivity contribution in [2.75, 3.05) is 12.3 Å². The molecule has 1 aliphatic heterocycles. The van der Waals surface area contributed by atoms with Gasteiger partial charge in [0, 0.05) is 25.1 Å². The maximum atomic E-state index is 12.2. The molecule has 0 aromatic rings. The first-order chi connectivity index (χ1) is 8.29. The Hall–Kier alpha value is -1.04. The minimum Gasteiger partial charge on any atom is -0.480 e. The van der Waals surface area contributed by atoms with Gasteiger partial charge < -0.3 is 10.0 Å². The topological polar surface area (TPSA) is 74.7 Å². The smallest absolute Gasteiger partial charge is 0.329 e. The van der Waals surface area contributed by atoms with Gasteiger partial charge in [-0.25, -0.2) is 4.79 Å². The molecule has 1 fully saturated rings. The number of rotatable bonds is 4. The second-order valence-corrected chi connectivity index (χ2v) is 6.07. The lowest BCUT2D eigenvalue weighted by Gasteiger charge is -2.33. The number of aliphatic carboxylic acids is 1. The number of carboxylic acid groups (broad SMARTS) is 1. The van der Waals surface area contributed by atoms with E-state index in [-0.39, 0.29) is 16.9 Å². The lowest BCUT2D eigenvalue weighted by Crippen LogP contribution is -2.52. The standard InChI is InChI=1S/C12H19NO4S/c1-8(7-18-9(2)14)10(15)13-6-4-5-12(13,3)11(16)17/h8H,4-7H2,1-3H3,(H,16,17). The molecule has 1 N–H and O–H groups in total. The monoisotopic (exact) mass is 273 g/mol. The quantitative estimate of drug-likeness (QED) is 0.837. The Morgan fingerprint density at radius 1 is 1.44 bits per heavy atom. The van der Waals surface area contributed by atoms with Crippen molar-refractivity contribution < 1.29 is 19.5 Å². The van der Waals surface area contributed by atoms with Crippen LogP contribution < -0.4 is 0 Å². The molecule has 1 heterocycles. The molecule has 1 rings (SSSR count). The number of nitrogens with zero attached hydrogens (tertiary/aromatic N) is 1. The summed E-state index contributed by atoms with van der Waals surface area (Å²) in [6.07, 6.45) is 1.20. The fourth-order valence-electron chi connectivity index (χ4n) is 2.12. The van der Waals surface area contributed by atoms with Crippen LogP contribution in [0, 0.1) is 5.92 Å². The summed E-state index contributed by atoms with van der Waals surface area (Å²) < 4.78 is 0. The minimum atomic E-state index is -1.09. The zero-order chi connectivity index (χ0) is 13.9. The molecule has 0 radical (unpaired) electrons. The molecule has 102 valence electrons. The summed E-state index contributed by atoms with van der Waals surface area (Å²) in [6.45, 7) is 5.26. The number of carboxylic acids is 1. The van der Waals surface area contributed by atoms with Gasteiger partial charge in [-0.15, -0.1) is 0 Å². The van der Waals surface area contributed by atoms with Gasteiger partial charge in [0.25, 0.3) is 0 Å². The Balaban J connectivity index is 2.71. The number of hydrogen-bond acceptors (Lipinski definition) is 4. The summed E-state index contributed by atoms with van der Waals surface area (Å²) >= 11 is 1.10. The highest BCUT2D eigenvalue weighted by Crippen LogP contribution is 2.31. The van der Waals surface area contributed by atoms with Crippen molar-refractivity contribution in [3.8, 4) is 0 Å². The molecular weight excluding hydrogens is 254 g/mol. The van der Waals surface area contributed by atoms with E-state index in [1.165, 1.54) is 11.8 Å². The summed E-state index contributed by atoms with van der Waals surface area (Å²) in [6, 6.07) is 0. The largest absolute Gasteiger partial charge is 0.480 e. The second-order valence-electron chi connectivity index (χ2n) is 4.88. The van der Waals surface area contributed by atoms with Gasteiger partial charge in [0.15, 0.2) is 5.12 Å². The third kappa shape index (κ3) is 3.04. The van der Waals surface area contributed by atoms with Crippen LogP contribution in [0.25, 0.3) is 0 Å². The van der Waals surface area contributed by atoms with Crippen LogP contribution in [-0.2, 0) is 14.4 Å². The van der Waals surface area contributed by atoms with E-state index in [1.54, 1.807) is 13.8 Å². The lowest BCUT2D eigenvalue weighted by molar-refractivity contribution is -0.156. The van der Waals surface area contributed by atoms with Crippen molar-refractivity contribution in [2.45, 2.75) is 39.2 Å². The number of likely N-dealkylation sites (tertiary alicyclic amines) is 1. The van der Waals surface area contributed by atoms with E-state index in [9.17, 15) is 19.5 Å². The Morgan fingerprint density at radius 2 is 2.06 bits per heavy atom. The SMILES string of the molecule is CC(=O)SCC(C)C(=O)N1CCCC1(C)C(=O)O. The van der Waals surface area contributed by atoms with Crippen molar-refractivity contribution in [2.24, 2.45) is 5.92 Å². The Kier molecular flexibility index (Phi) is 4.78. The highest BCUT2D eigenvalue weighted by Gasteiger charge is 2.46. The average Bonchev–Trinajstić information content (AvgIpc) is 2.68. The molecule has 0 saturated carbocycles. The van der Waals surface area contributed by atoms with E-state index in [1.807, 2.05) is 0 Å². The van der Waals surface area contributed by atoms with Gasteiger partial charge in [-0.1, -0.05) is 18.7 Å². The van der Waals surface area contributed by atoms with Gasteiger partial charge in [-0.3, -0.25) is 9.59 Å². The van der Waals surface area contributed by atoms with Gasteiger partial charge in [-0.05, 0) is 19.8 Å². The number of hydrogen-bond donors (Lipinski definition) is 1. The van der Waals surface area contributed by atoms with E-state index < -0.39 is 11.5 Å². The molecule has 0 bridgehead atoms. The van der Waals surface area contributed by atoms with Crippen molar-refractivity contribution in [1.82, 2.24) is 4.90 Å². The molecular formula is C12H19NO4S. The number of thioether (sulfide) groups is 1. The highest BCUT2D eigenvalue weighted by atomic mass is 32.2. The van der Waals surface area contributed by atoms with Crippen LogP contribution in [-0.4, -0.2) is 44.8 Å². The van der Waals surface area contributed by atoms with Crippen LogP contribution in [0.15, 0.2) is 0 Å². The molecule has 0 aromatic carbocycles. The van der Waals surface area contributed by atoms with Gasteiger partial charge in [0.2, 0.25) is 5.91 Å². The fourth-order valence-corrected chi connectivity index (χ4v) is 2.75. The highest BCUT2D eigenvalue weighted by molar-refractivity contribution is 8.13. The second kappa shape index (κ2) is 5.73. The normalized spacial score (nSPS) is 24.9. The van der Waals surface area contributed by atoms with Crippen LogP contribution in [0.4, 0.5) is 0 Å². The zero-order valence-corrected chi connectivity index (χ0v) is 11.7. The van der Waals surface area contributed by atoms with Crippen LogP contribution in [0.2, 0.25) is 0 Å². The van der Waals surface area contributed by atoms with E-state index in [0.29, 0.717) is 25.1 Å². The minimum absolute atomic E-state index is 0.0305. The molecule has 1 amide bonds. The molecule has 0 aliphatic carbocycles. The molecule has 6 heteroatoms. The summed E-state index contributed by atoms with van der Waals surface area (Å²) in [5.41, 5.74) is -1.09. The third-order valence-electron chi connectivity index (χ3n) is 3.33. The van der Waals surface area contributed by atoms with Crippen LogP contribution in [0.1, 0.15) is 33.6 Å². The van der Waals surface area contributed by atoms with Gasteiger partial charge in [0.05, 0.1) is 0 Å². The molecule has 2 atom stereocenters. The first-order valence-electron chi connectivity index (χ1n) is 5.97. The van der Waals surface area contributed by atoms with Crippen molar-refractivity contribution in [3.63, 3.8) is 0 Å².